The minimum atomic E-state index is -4.40. The van der Waals surface area contributed by atoms with E-state index in [0.29, 0.717) is 0 Å². The van der Waals surface area contributed by atoms with Gasteiger partial charge in [0.25, 0.3) is 0 Å². The molecule has 1 aromatic rings. The van der Waals surface area contributed by atoms with Crippen molar-refractivity contribution in [1.82, 2.24) is 0 Å². The molecule has 6 heteroatoms. The molecule has 0 fully saturated rings. The zero-order valence-electron chi connectivity index (χ0n) is 8.98. The number of hydrogen-bond donors (Lipinski definition) is 1. The van der Waals surface area contributed by atoms with E-state index in [1.807, 2.05) is 6.07 Å². The quantitative estimate of drug-likeness (QED) is 0.891. The lowest BCUT2D eigenvalue weighted by atomic mass is 10.1. The smallest absolute Gasteiger partial charge is 0.380 e. The largest absolute Gasteiger partial charge is 0.416 e. The second-order valence-electron chi connectivity index (χ2n) is 3.60. The van der Waals surface area contributed by atoms with Crippen LogP contribution in [0.25, 0.3) is 0 Å². The van der Waals surface area contributed by atoms with Gasteiger partial charge in [0.2, 0.25) is 0 Å². The third-order valence-corrected chi connectivity index (χ3v) is 2.42. The first-order chi connectivity index (χ1) is 7.84. The lowest BCUT2D eigenvalue weighted by molar-refractivity contribution is -0.137. The van der Waals surface area contributed by atoms with Gasteiger partial charge in [-0.05, 0) is 25.1 Å². The molecule has 0 bridgehead atoms. The maximum atomic E-state index is 12.5. The predicted molar refractivity (Wildman–Crippen MR) is 59.8 cm³/mol. The number of rotatable bonds is 3. The van der Waals surface area contributed by atoms with E-state index in [9.17, 15) is 13.2 Å². The van der Waals surface area contributed by atoms with Crippen molar-refractivity contribution in [2.75, 3.05) is 5.32 Å². The summed E-state index contributed by atoms with van der Waals surface area (Å²) in [4.78, 5) is 0. The summed E-state index contributed by atoms with van der Waals surface area (Å²) < 4.78 is 37.4. The van der Waals surface area contributed by atoms with Crippen molar-refractivity contribution >= 4 is 17.3 Å². The van der Waals surface area contributed by atoms with Crippen molar-refractivity contribution in [2.24, 2.45) is 0 Å². The van der Waals surface area contributed by atoms with Gasteiger partial charge in [0.1, 0.15) is 0 Å². The molecule has 1 unspecified atom stereocenters. The highest BCUT2D eigenvalue weighted by atomic mass is 35.5. The molecule has 0 spiro atoms. The lowest BCUT2D eigenvalue weighted by Crippen LogP contribution is -2.15. The van der Waals surface area contributed by atoms with E-state index in [-0.39, 0.29) is 23.2 Å². The van der Waals surface area contributed by atoms with Gasteiger partial charge < -0.3 is 5.32 Å². The predicted octanol–water partition coefficient (Wildman–Crippen LogP) is 4.07. The van der Waals surface area contributed by atoms with E-state index in [2.05, 4.69) is 5.32 Å². The normalized spacial score (nSPS) is 12.9. The Hall–Kier alpha value is -1.41. The third kappa shape index (κ3) is 3.82. The Morgan fingerprint density at radius 1 is 1.47 bits per heavy atom. The number of benzene rings is 1. The van der Waals surface area contributed by atoms with E-state index in [1.54, 1.807) is 6.92 Å². The van der Waals surface area contributed by atoms with Crippen LogP contribution in [-0.4, -0.2) is 6.04 Å². The number of alkyl halides is 3. The summed E-state index contributed by atoms with van der Waals surface area (Å²) in [7, 11) is 0. The van der Waals surface area contributed by atoms with Crippen LogP contribution in [0.3, 0.4) is 0 Å². The van der Waals surface area contributed by atoms with Crippen LogP contribution < -0.4 is 5.32 Å². The molecule has 0 amide bonds. The van der Waals surface area contributed by atoms with Gasteiger partial charge in [0, 0.05) is 6.04 Å². The molecule has 0 saturated heterocycles. The Morgan fingerprint density at radius 3 is 2.65 bits per heavy atom. The van der Waals surface area contributed by atoms with Gasteiger partial charge in [-0.25, -0.2) is 0 Å². The molecule has 1 atom stereocenters. The second-order valence-corrected chi connectivity index (χ2v) is 4.01. The Morgan fingerprint density at radius 2 is 2.12 bits per heavy atom. The highest BCUT2D eigenvalue weighted by Gasteiger charge is 2.31. The molecule has 0 aliphatic carbocycles. The SMILES string of the molecule is CC(CC#N)Nc1cc(C(F)(F)F)ccc1Cl. The molecule has 0 radical (unpaired) electrons. The van der Waals surface area contributed by atoms with Gasteiger partial charge in [-0.1, -0.05) is 11.6 Å². The van der Waals surface area contributed by atoms with Crippen molar-refractivity contribution in [3.8, 4) is 6.07 Å². The fourth-order valence-corrected chi connectivity index (χ4v) is 1.44. The van der Waals surface area contributed by atoms with E-state index in [4.69, 9.17) is 16.9 Å². The molecule has 1 rings (SSSR count). The minimum absolute atomic E-state index is 0.184. The molecule has 0 aliphatic heterocycles. The van der Waals surface area contributed by atoms with E-state index < -0.39 is 11.7 Å². The molecule has 0 saturated carbocycles. The fraction of sp³-hybridized carbons (Fsp3) is 0.364. The fourth-order valence-electron chi connectivity index (χ4n) is 1.27. The molecule has 0 heterocycles. The van der Waals surface area contributed by atoms with E-state index in [0.717, 1.165) is 12.1 Å². The number of anilines is 1. The molecular weight excluding hydrogens is 253 g/mol. The van der Waals surface area contributed by atoms with Crippen LogP contribution in [0, 0.1) is 11.3 Å². The van der Waals surface area contributed by atoms with Crippen LogP contribution in [0.15, 0.2) is 18.2 Å². The maximum Gasteiger partial charge on any atom is 0.416 e. The first kappa shape index (κ1) is 13.7. The second kappa shape index (κ2) is 5.28. The summed E-state index contributed by atoms with van der Waals surface area (Å²) in [6.07, 6.45) is -4.22. The van der Waals surface area contributed by atoms with Crippen molar-refractivity contribution in [1.29, 1.82) is 5.26 Å². The number of nitrogens with one attached hydrogen (secondary N) is 1. The van der Waals surface area contributed by atoms with Gasteiger partial charge in [0.05, 0.1) is 28.8 Å². The summed E-state index contributed by atoms with van der Waals surface area (Å²) in [5, 5.41) is 11.4. The number of halogens is 4. The number of hydrogen-bond acceptors (Lipinski definition) is 2. The average molecular weight is 263 g/mol. The lowest BCUT2D eigenvalue weighted by Gasteiger charge is -2.15. The van der Waals surface area contributed by atoms with Crippen LogP contribution in [0.2, 0.25) is 5.02 Å². The standard InChI is InChI=1S/C11H10ClF3N2/c1-7(4-5-16)17-10-6-8(11(13,14)15)2-3-9(10)12/h2-3,6-7,17H,4H2,1H3. The summed E-state index contributed by atoms with van der Waals surface area (Å²) in [6, 6.07) is 4.71. The number of nitriles is 1. The number of nitrogens with zero attached hydrogens (tertiary/aromatic N) is 1. The average Bonchev–Trinajstić information content (AvgIpc) is 2.20. The Bertz CT molecular complexity index is 437. The van der Waals surface area contributed by atoms with Crippen LogP contribution in [0.1, 0.15) is 18.9 Å². The Kier molecular flexibility index (Phi) is 4.24. The highest BCUT2D eigenvalue weighted by molar-refractivity contribution is 6.33. The summed E-state index contributed by atoms with van der Waals surface area (Å²) in [6.45, 7) is 1.69. The van der Waals surface area contributed by atoms with E-state index in [1.165, 1.54) is 6.07 Å². The Balaban J connectivity index is 2.96. The van der Waals surface area contributed by atoms with Gasteiger partial charge in [-0.2, -0.15) is 18.4 Å². The molecule has 92 valence electrons. The first-order valence-corrected chi connectivity index (χ1v) is 5.22. The summed E-state index contributed by atoms with van der Waals surface area (Å²) in [5.41, 5.74) is -0.585. The summed E-state index contributed by atoms with van der Waals surface area (Å²) >= 11 is 5.78. The monoisotopic (exact) mass is 262 g/mol. The molecule has 0 aliphatic rings. The molecule has 17 heavy (non-hydrogen) atoms. The van der Waals surface area contributed by atoms with Gasteiger partial charge in [0.15, 0.2) is 0 Å². The Labute approximate surface area is 102 Å². The first-order valence-electron chi connectivity index (χ1n) is 4.85. The van der Waals surface area contributed by atoms with E-state index >= 15 is 0 Å². The van der Waals surface area contributed by atoms with Crippen molar-refractivity contribution < 1.29 is 13.2 Å². The van der Waals surface area contributed by atoms with Crippen LogP contribution in [0.4, 0.5) is 18.9 Å². The summed E-state index contributed by atoms with van der Waals surface area (Å²) in [5.74, 6) is 0. The van der Waals surface area contributed by atoms with Crippen LogP contribution >= 0.6 is 11.6 Å². The highest BCUT2D eigenvalue weighted by Crippen LogP contribution is 2.34. The topological polar surface area (TPSA) is 35.8 Å². The molecule has 1 N–H and O–H groups in total. The molecule has 1 aromatic carbocycles. The van der Waals surface area contributed by atoms with Gasteiger partial charge in [-0.3, -0.25) is 0 Å². The molecular formula is C11H10ClF3N2. The van der Waals surface area contributed by atoms with Crippen molar-refractivity contribution in [3.63, 3.8) is 0 Å². The van der Waals surface area contributed by atoms with Crippen LogP contribution in [-0.2, 0) is 6.18 Å². The minimum Gasteiger partial charge on any atom is -0.380 e. The van der Waals surface area contributed by atoms with Crippen LogP contribution in [0.5, 0.6) is 0 Å². The zero-order chi connectivity index (χ0) is 13.1. The van der Waals surface area contributed by atoms with Gasteiger partial charge >= 0.3 is 6.18 Å². The van der Waals surface area contributed by atoms with Crippen molar-refractivity contribution in [3.05, 3.63) is 28.8 Å². The molecule has 0 aromatic heterocycles. The third-order valence-electron chi connectivity index (χ3n) is 2.09. The van der Waals surface area contributed by atoms with Crippen molar-refractivity contribution in [2.45, 2.75) is 25.6 Å². The zero-order valence-corrected chi connectivity index (χ0v) is 9.73. The molecule has 2 nitrogen and oxygen atoms in total. The maximum absolute atomic E-state index is 12.5. The van der Waals surface area contributed by atoms with Gasteiger partial charge in [-0.15, -0.1) is 0 Å².